The first-order chi connectivity index (χ1) is 9.56. The van der Waals surface area contributed by atoms with Crippen molar-refractivity contribution in [1.29, 1.82) is 0 Å². The number of rotatable bonds is 6. The number of aryl methyl sites for hydroxylation is 2. The molecule has 0 amide bonds. The summed E-state index contributed by atoms with van der Waals surface area (Å²) in [4.78, 5) is 10.5. The smallest absolute Gasteiger partial charge is 0.231 e. The zero-order chi connectivity index (χ0) is 14.7. The molecule has 0 unspecified atom stereocenters. The van der Waals surface area contributed by atoms with Gasteiger partial charge in [-0.2, -0.15) is 4.98 Å². The van der Waals surface area contributed by atoms with Crippen LogP contribution in [0, 0.1) is 13.8 Å². The molecule has 0 fully saturated rings. The van der Waals surface area contributed by atoms with Crippen LogP contribution in [0.15, 0.2) is 4.42 Å². The van der Waals surface area contributed by atoms with Crippen LogP contribution in [0.4, 0.5) is 5.82 Å². The minimum absolute atomic E-state index is 0.0106. The Morgan fingerprint density at radius 3 is 2.40 bits per heavy atom. The van der Waals surface area contributed by atoms with Crippen molar-refractivity contribution in [1.82, 2.24) is 14.9 Å². The molecular formula is C13H20N4O3. The summed E-state index contributed by atoms with van der Waals surface area (Å²) in [6, 6.07) is 0. The van der Waals surface area contributed by atoms with Crippen LogP contribution in [0.3, 0.4) is 0 Å². The molecule has 0 radical (unpaired) electrons. The largest absolute Gasteiger partial charge is 0.443 e. The molecule has 0 spiro atoms. The summed E-state index contributed by atoms with van der Waals surface area (Å²) in [5.74, 6) is 1.69. The maximum atomic E-state index is 9.00. The van der Waals surface area contributed by atoms with E-state index < -0.39 is 0 Å². The van der Waals surface area contributed by atoms with E-state index in [0.29, 0.717) is 37.0 Å². The number of aromatic nitrogens is 2. The Balaban J connectivity index is 2.31. The molecule has 0 aromatic carbocycles. The second kappa shape index (κ2) is 6.17. The van der Waals surface area contributed by atoms with Crippen molar-refractivity contribution >= 4 is 16.9 Å². The van der Waals surface area contributed by atoms with E-state index in [1.165, 1.54) is 0 Å². The van der Waals surface area contributed by atoms with Crippen LogP contribution in [0.2, 0.25) is 0 Å². The van der Waals surface area contributed by atoms with E-state index in [1.807, 2.05) is 18.7 Å². The number of hydrogen-bond donors (Lipinski definition) is 3. The highest BCUT2D eigenvalue weighted by atomic mass is 16.3. The highest BCUT2D eigenvalue weighted by Gasteiger charge is 2.15. The molecule has 7 nitrogen and oxygen atoms in total. The van der Waals surface area contributed by atoms with E-state index in [4.69, 9.17) is 20.4 Å². The van der Waals surface area contributed by atoms with E-state index >= 15 is 0 Å². The van der Waals surface area contributed by atoms with Crippen molar-refractivity contribution in [3.05, 3.63) is 17.1 Å². The summed E-state index contributed by atoms with van der Waals surface area (Å²) >= 11 is 0. The first-order valence-electron chi connectivity index (χ1n) is 6.53. The summed E-state index contributed by atoms with van der Waals surface area (Å²) in [6.45, 7) is 5.09. The molecule has 20 heavy (non-hydrogen) atoms. The van der Waals surface area contributed by atoms with Gasteiger partial charge < -0.3 is 20.4 Å². The summed E-state index contributed by atoms with van der Waals surface area (Å²) in [7, 11) is 0. The second-order valence-electron chi connectivity index (χ2n) is 4.71. The van der Waals surface area contributed by atoms with Gasteiger partial charge in [0.1, 0.15) is 17.4 Å². The lowest BCUT2D eigenvalue weighted by molar-refractivity contribution is 0.153. The molecule has 0 saturated carbocycles. The fourth-order valence-corrected chi connectivity index (χ4v) is 2.15. The van der Waals surface area contributed by atoms with Crippen molar-refractivity contribution in [2.45, 2.75) is 20.4 Å². The molecule has 0 aliphatic heterocycles. The Bertz CT molecular complexity index is 591. The van der Waals surface area contributed by atoms with Crippen LogP contribution in [-0.4, -0.2) is 51.4 Å². The van der Waals surface area contributed by atoms with Crippen LogP contribution in [0.5, 0.6) is 0 Å². The quantitative estimate of drug-likeness (QED) is 0.694. The number of fused-ring (bicyclic) bond motifs is 1. The van der Waals surface area contributed by atoms with Gasteiger partial charge >= 0.3 is 0 Å². The van der Waals surface area contributed by atoms with Gasteiger partial charge in [-0.3, -0.25) is 4.90 Å². The minimum atomic E-state index is 0.0106. The second-order valence-corrected chi connectivity index (χ2v) is 4.71. The fraction of sp³-hybridized carbons (Fsp3) is 0.538. The van der Waals surface area contributed by atoms with Gasteiger partial charge in [-0.15, -0.1) is 0 Å². The fourth-order valence-electron chi connectivity index (χ4n) is 2.15. The van der Waals surface area contributed by atoms with E-state index in [1.54, 1.807) is 0 Å². The maximum Gasteiger partial charge on any atom is 0.231 e. The van der Waals surface area contributed by atoms with Gasteiger partial charge in [-0.05, 0) is 13.8 Å². The van der Waals surface area contributed by atoms with Gasteiger partial charge in [0, 0.05) is 18.7 Å². The van der Waals surface area contributed by atoms with E-state index in [-0.39, 0.29) is 13.2 Å². The number of anilines is 1. The highest BCUT2D eigenvalue weighted by molar-refractivity contribution is 5.88. The van der Waals surface area contributed by atoms with Crippen molar-refractivity contribution in [2.75, 3.05) is 32.0 Å². The topological polar surface area (TPSA) is 109 Å². The predicted molar refractivity (Wildman–Crippen MR) is 75.1 cm³/mol. The zero-order valence-electron chi connectivity index (χ0n) is 11.8. The minimum Gasteiger partial charge on any atom is -0.443 e. The van der Waals surface area contributed by atoms with Gasteiger partial charge in [0.2, 0.25) is 5.71 Å². The molecule has 2 heterocycles. The van der Waals surface area contributed by atoms with Crippen LogP contribution in [0.25, 0.3) is 11.1 Å². The zero-order valence-corrected chi connectivity index (χ0v) is 11.8. The molecule has 2 rings (SSSR count). The third kappa shape index (κ3) is 2.90. The van der Waals surface area contributed by atoms with Crippen molar-refractivity contribution in [3.63, 3.8) is 0 Å². The molecule has 0 saturated heterocycles. The summed E-state index contributed by atoms with van der Waals surface area (Å²) in [5.41, 5.74) is 7.40. The predicted octanol–water partition coefficient (Wildman–Crippen LogP) is 0.208. The Morgan fingerprint density at radius 2 is 1.80 bits per heavy atom. The van der Waals surface area contributed by atoms with Crippen molar-refractivity contribution in [3.8, 4) is 0 Å². The lowest BCUT2D eigenvalue weighted by atomic mass is 10.2. The Hall–Kier alpha value is -1.70. The number of nitrogen functional groups attached to an aromatic ring is 1. The number of nitrogens with two attached hydrogens (primary N) is 1. The molecule has 2 aromatic rings. The van der Waals surface area contributed by atoms with Crippen molar-refractivity contribution < 1.29 is 14.6 Å². The van der Waals surface area contributed by atoms with Crippen molar-refractivity contribution in [2.24, 2.45) is 0 Å². The Labute approximate surface area is 117 Å². The standard InChI is InChI=1S/C13H20N4O3/c1-8-9(2)20-13-11(8)12(14)15-10(16-13)7-17(3-5-18)4-6-19/h18-19H,3-7H2,1-2H3,(H2,14,15,16). The molecular weight excluding hydrogens is 260 g/mol. The molecule has 2 aromatic heterocycles. The molecule has 0 atom stereocenters. The van der Waals surface area contributed by atoms with E-state index in [2.05, 4.69) is 9.97 Å². The van der Waals surface area contributed by atoms with Gasteiger partial charge in [-0.25, -0.2) is 4.98 Å². The lowest BCUT2D eigenvalue weighted by Gasteiger charge is -2.18. The number of aliphatic hydroxyl groups is 2. The summed E-state index contributed by atoms with van der Waals surface area (Å²) < 4.78 is 5.57. The Morgan fingerprint density at radius 1 is 1.15 bits per heavy atom. The average molecular weight is 280 g/mol. The SMILES string of the molecule is Cc1oc2nc(CN(CCO)CCO)nc(N)c2c1C. The van der Waals surface area contributed by atoms with Gasteiger partial charge in [0.25, 0.3) is 0 Å². The third-order valence-corrected chi connectivity index (χ3v) is 3.30. The number of nitrogens with zero attached hydrogens (tertiary/aromatic N) is 3. The molecule has 0 aliphatic carbocycles. The highest BCUT2D eigenvalue weighted by Crippen LogP contribution is 2.27. The molecule has 110 valence electrons. The van der Waals surface area contributed by atoms with Gasteiger partial charge in [0.05, 0.1) is 25.1 Å². The average Bonchev–Trinajstić information content (AvgIpc) is 2.66. The summed E-state index contributed by atoms with van der Waals surface area (Å²) in [6.07, 6.45) is 0. The number of hydrogen-bond acceptors (Lipinski definition) is 7. The van der Waals surface area contributed by atoms with E-state index in [0.717, 1.165) is 16.7 Å². The molecule has 7 heteroatoms. The number of furan rings is 1. The monoisotopic (exact) mass is 280 g/mol. The maximum absolute atomic E-state index is 9.00. The van der Waals surface area contributed by atoms with E-state index in [9.17, 15) is 0 Å². The Kier molecular flexibility index (Phi) is 4.53. The third-order valence-electron chi connectivity index (χ3n) is 3.30. The van der Waals surface area contributed by atoms with Crippen LogP contribution < -0.4 is 5.73 Å². The van der Waals surface area contributed by atoms with Crippen LogP contribution in [0.1, 0.15) is 17.1 Å². The first kappa shape index (κ1) is 14.7. The van der Waals surface area contributed by atoms with Crippen LogP contribution >= 0.6 is 0 Å². The normalized spacial score (nSPS) is 11.7. The van der Waals surface area contributed by atoms with Gasteiger partial charge in [0.15, 0.2) is 0 Å². The molecule has 0 bridgehead atoms. The molecule has 0 aliphatic rings. The number of aliphatic hydroxyl groups excluding tert-OH is 2. The summed E-state index contributed by atoms with van der Waals surface area (Å²) in [5, 5.41) is 18.8. The van der Waals surface area contributed by atoms with Gasteiger partial charge in [-0.1, -0.05) is 0 Å². The lowest BCUT2D eigenvalue weighted by Crippen LogP contribution is -2.30. The molecule has 4 N–H and O–H groups in total. The van der Waals surface area contributed by atoms with Crippen LogP contribution in [-0.2, 0) is 6.54 Å². The first-order valence-corrected chi connectivity index (χ1v) is 6.53.